The van der Waals surface area contributed by atoms with E-state index in [2.05, 4.69) is 58.7 Å². The number of amides is 1. The third-order valence-electron chi connectivity index (χ3n) is 5.68. The van der Waals surface area contributed by atoms with Crippen LogP contribution in [0.15, 0.2) is 91.0 Å². The predicted molar refractivity (Wildman–Crippen MR) is 117 cm³/mol. The second-order valence-electron chi connectivity index (χ2n) is 7.82. The van der Waals surface area contributed by atoms with Gasteiger partial charge in [-0.25, -0.2) is 0 Å². The molecule has 0 spiro atoms. The lowest BCUT2D eigenvalue weighted by Gasteiger charge is -2.33. The zero-order valence-corrected chi connectivity index (χ0v) is 16.7. The standard InChI is InChI=1S/C26H28N2O/c29-26(24-17-10-18-28(20-24)19-21-11-4-1-5-12-21)27-25(22-13-6-2-7-14-22)23-15-8-3-9-16-23/h1-9,11-16,24-25H,10,17-20H2,(H,27,29)/t24-/m1/s1. The van der Waals surface area contributed by atoms with Gasteiger partial charge < -0.3 is 5.32 Å². The average molecular weight is 385 g/mol. The molecule has 1 fully saturated rings. The van der Waals surface area contributed by atoms with Crippen LogP contribution in [-0.2, 0) is 11.3 Å². The van der Waals surface area contributed by atoms with E-state index >= 15 is 0 Å². The molecule has 3 aromatic rings. The molecular formula is C26H28N2O. The minimum absolute atomic E-state index is 0.0300. The quantitative estimate of drug-likeness (QED) is 0.662. The molecule has 1 aliphatic rings. The Morgan fingerprint density at radius 3 is 2.00 bits per heavy atom. The van der Waals surface area contributed by atoms with E-state index in [-0.39, 0.29) is 17.9 Å². The molecule has 3 aromatic carbocycles. The molecule has 0 radical (unpaired) electrons. The number of carbonyl (C=O) groups is 1. The van der Waals surface area contributed by atoms with Gasteiger partial charge in [-0.05, 0) is 36.1 Å². The Bertz CT molecular complexity index is 856. The first-order chi connectivity index (χ1) is 14.3. The monoisotopic (exact) mass is 384 g/mol. The normalized spacial score (nSPS) is 17.2. The van der Waals surface area contributed by atoms with Gasteiger partial charge in [0.1, 0.15) is 0 Å². The Balaban J connectivity index is 1.46. The summed E-state index contributed by atoms with van der Waals surface area (Å²) in [4.78, 5) is 15.6. The minimum Gasteiger partial charge on any atom is -0.345 e. The first kappa shape index (κ1) is 19.4. The zero-order chi connectivity index (χ0) is 19.9. The molecule has 1 heterocycles. The van der Waals surface area contributed by atoms with Crippen LogP contribution < -0.4 is 5.32 Å². The molecule has 0 unspecified atom stereocenters. The number of carbonyl (C=O) groups excluding carboxylic acids is 1. The van der Waals surface area contributed by atoms with Crippen molar-refractivity contribution in [3.63, 3.8) is 0 Å². The van der Waals surface area contributed by atoms with E-state index in [0.29, 0.717) is 0 Å². The largest absolute Gasteiger partial charge is 0.345 e. The lowest BCUT2D eigenvalue weighted by Crippen LogP contribution is -2.43. The van der Waals surface area contributed by atoms with Gasteiger partial charge in [-0.3, -0.25) is 9.69 Å². The lowest BCUT2D eigenvalue weighted by molar-refractivity contribution is -0.127. The first-order valence-corrected chi connectivity index (χ1v) is 10.5. The van der Waals surface area contributed by atoms with Crippen molar-refractivity contribution >= 4 is 5.91 Å². The smallest absolute Gasteiger partial charge is 0.225 e. The second kappa shape index (κ2) is 9.53. The highest BCUT2D eigenvalue weighted by molar-refractivity contribution is 5.80. The fourth-order valence-electron chi connectivity index (χ4n) is 4.16. The third kappa shape index (κ3) is 5.12. The van der Waals surface area contributed by atoms with Gasteiger partial charge in [0.2, 0.25) is 5.91 Å². The van der Waals surface area contributed by atoms with Crippen molar-refractivity contribution < 1.29 is 4.79 Å². The Morgan fingerprint density at radius 1 is 0.862 bits per heavy atom. The molecule has 0 bridgehead atoms. The summed E-state index contributed by atoms with van der Waals surface area (Å²) in [6.45, 7) is 2.78. The maximum absolute atomic E-state index is 13.2. The molecule has 0 saturated carbocycles. The molecule has 1 N–H and O–H groups in total. The highest BCUT2D eigenvalue weighted by Crippen LogP contribution is 2.24. The SMILES string of the molecule is O=C(NC(c1ccccc1)c1ccccc1)[C@@H]1CCCN(Cc2ccccc2)C1. The maximum atomic E-state index is 13.2. The lowest BCUT2D eigenvalue weighted by atomic mass is 9.94. The van der Waals surface area contributed by atoms with Gasteiger partial charge in [0, 0.05) is 13.1 Å². The van der Waals surface area contributed by atoms with E-state index < -0.39 is 0 Å². The van der Waals surface area contributed by atoms with Crippen LogP contribution in [0.25, 0.3) is 0 Å². The molecular weight excluding hydrogens is 356 g/mol. The fourth-order valence-corrected chi connectivity index (χ4v) is 4.16. The van der Waals surface area contributed by atoms with E-state index in [0.717, 1.165) is 43.6 Å². The molecule has 3 heteroatoms. The van der Waals surface area contributed by atoms with Crippen molar-refractivity contribution in [1.29, 1.82) is 0 Å². The molecule has 4 rings (SSSR count). The molecule has 148 valence electrons. The van der Waals surface area contributed by atoms with Crippen molar-refractivity contribution in [3.05, 3.63) is 108 Å². The van der Waals surface area contributed by atoms with E-state index in [1.807, 2.05) is 42.5 Å². The predicted octanol–water partition coefficient (Wildman–Crippen LogP) is 4.80. The molecule has 3 nitrogen and oxygen atoms in total. The molecule has 1 saturated heterocycles. The van der Waals surface area contributed by atoms with Gasteiger partial charge in [-0.15, -0.1) is 0 Å². The van der Waals surface area contributed by atoms with Gasteiger partial charge in [0.05, 0.1) is 12.0 Å². The number of likely N-dealkylation sites (tertiary alicyclic amines) is 1. The molecule has 29 heavy (non-hydrogen) atoms. The van der Waals surface area contributed by atoms with E-state index in [1.165, 1.54) is 5.56 Å². The van der Waals surface area contributed by atoms with Gasteiger partial charge in [-0.2, -0.15) is 0 Å². The topological polar surface area (TPSA) is 32.3 Å². The van der Waals surface area contributed by atoms with Crippen LogP contribution in [0.3, 0.4) is 0 Å². The van der Waals surface area contributed by atoms with Crippen molar-refractivity contribution in [1.82, 2.24) is 10.2 Å². The van der Waals surface area contributed by atoms with Crippen LogP contribution in [-0.4, -0.2) is 23.9 Å². The summed E-state index contributed by atoms with van der Waals surface area (Å²) in [7, 11) is 0. The Labute approximate surface area is 173 Å². The van der Waals surface area contributed by atoms with Crippen LogP contribution in [0.1, 0.15) is 35.6 Å². The fraction of sp³-hybridized carbons (Fsp3) is 0.269. The summed E-state index contributed by atoms with van der Waals surface area (Å²) in [5, 5.41) is 3.34. The minimum atomic E-state index is -0.116. The Kier molecular flexibility index (Phi) is 6.38. The number of hydrogen-bond donors (Lipinski definition) is 1. The van der Waals surface area contributed by atoms with E-state index in [1.54, 1.807) is 0 Å². The summed E-state index contributed by atoms with van der Waals surface area (Å²) in [5.74, 6) is 0.183. The van der Waals surface area contributed by atoms with Gasteiger partial charge >= 0.3 is 0 Å². The third-order valence-corrected chi connectivity index (χ3v) is 5.68. The van der Waals surface area contributed by atoms with Gasteiger partial charge in [0.25, 0.3) is 0 Å². The number of rotatable bonds is 6. The van der Waals surface area contributed by atoms with Gasteiger partial charge in [-0.1, -0.05) is 91.0 Å². The highest BCUT2D eigenvalue weighted by atomic mass is 16.2. The zero-order valence-electron chi connectivity index (χ0n) is 16.7. The van der Waals surface area contributed by atoms with Crippen LogP contribution in [0.2, 0.25) is 0 Å². The molecule has 0 aromatic heterocycles. The van der Waals surface area contributed by atoms with Crippen LogP contribution in [0.5, 0.6) is 0 Å². The Morgan fingerprint density at radius 2 is 1.41 bits per heavy atom. The number of hydrogen-bond acceptors (Lipinski definition) is 2. The van der Waals surface area contributed by atoms with Crippen LogP contribution >= 0.6 is 0 Å². The summed E-state index contributed by atoms with van der Waals surface area (Å²) in [5.41, 5.74) is 3.54. The van der Waals surface area contributed by atoms with Crippen LogP contribution in [0.4, 0.5) is 0 Å². The van der Waals surface area contributed by atoms with Gasteiger partial charge in [0.15, 0.2) is 0 Å². The number of piperidine rings is 1. The van der Waals surface area contributed by atoms with Crippen molar-refractivity contribution in [3.8, 4) is 0 Å². The summed E-state index contributed by atoms with van der Waals surface area (Å²) < 4.78 is 0. The number of nitrogens with zero attached hydrogens (tertiary/aromatic N) is 1. The maximum Gasteiger partial charge on any atom is 0.225 e. The summed E-state index contributed by atoms with van der Waals surface area (Å²) in [6, 6.07) is 30.9. The van der Waals surface area contributed by atoms with Crippen molar-refractivity contribution in [2.75, 3.05) is 13.1 Å². The average Bonchev–Trinajstić information content (AvgIpc) is 2.79. The second-order valence-corrected chi connectivity index (χ2v) is 7.82. The molecule has 1 aliphatic heterocycles. The number of nitrogens with one attached hydrogen (secondary N) is 1. The summed E-state index contributed by atoms with van der Waals surface area (Å²) >= 11 is 0. The van der Waals surface area contributed by atoms with Crippen molar-refractivity contribution in [2.45, 2.75) is 25.4 Å². The summed E-state index contributed by atoms with van der Waals surface area (Å²) in [6.07, 6.45) is 2.01. The van der Waals surface area contributed by atoms with E-state index in [4.69, 9.17) is 0 Å². The van der Waals surface area contributed by atoms with Crippen molar-refractivity contribution in [2.24, 2.45) is 5.92 Å². The van der Waals surface area contributed by atoms with E-state index in [9.17, 15) is 4.79 Å². The van der Waals surface area contributed by atoms with Crippen LogP contribution in [0, 0.1) is 5.92 Å². The Hall–Kier alpha value is -2.91. The molecule has 0 aliphatic carbocycles. The first-order valence-electron chi connectivity index (χ1n) is 10.5. The molecule has 1 amide bonds. The molecule has 1 atom stereocenters. The number of benzene rings is 3. The highest BCUT2D eigenvalue weighted by Gasteiger charge is 2.28.